The summed E-state index contributed by atoms with van der Waals surface area (Å²) in [5.74, 6) is 0.690. The molecule has 0 aromatic carbocycles. The fourth-order valence-corrected chi connectivity index (χ4v) is 2.42. The number of hydrogen-bond acceptors (Lipinski definition) is 4. The molecule has 1 heterocycles. The molecule has 1 aliphatic rings. The lowest BCUT2D eigenvalue weighted by molar-refractivity contribution is 0.0417. The van der Waals surface area contributed by atoms with Crippen molar-refractivity contribution in [1.82, 2.24) is 10.2 Å². The van der Waals surface area contributed by atoms with Crippen molar-refractivity contribution in [2.24, 2.45) is 5.92 Å². The first-order valence-electron chi connectivity index (χ1n) is 6.96. The third-order valence-corrected chi connectivity index (χ3v) is 3.84. The van der Waals surface area contributed by atoms with E-state index in [-0.39, 0.29) is 5.54 Å². The zero-order valence-corrected chi connectivity index (χ0v) is 12.0. The van der Waals surface area contributed by atoms with E-state index in [1.54, 1.807) is 0 Å². The third-order valence-electron chi connectivity index (χ3n) is 3.84. The van der Waals surface area contributed by atoms with E-state index in [0.29, 0.717) is 5.92 Å². The summed E-state index contributed by atoms with van der Waals surface area (Å²) in [5.41, 5.74) is -0.380. The zero-order valence-electron chi connectivity index (χ0n) is 12.0. The van der Waals surface area contributed by atoms with Crippen molar-refractivity contribution in [1.29, 1.82) is 5.26 Å². The summed E-state index contributed by atoms with van der Waals surface area (Å²) in [7, 11) is 4.02. The predicted molar refractivity (Wildman–Crippen MR) is 73.4 cm³/mol. The van der Waals surface area contributed by atoms with Crippen LogP contribution < -0.4 is 5.32 Å². The van der Waals surface area contributed by atoms with E-state index in [0.717, 1.165) is 39.1 Å². The lowest BCUT2D eigenvalue weighted by atomic mass is 9.97. The van der Waals surface area contributed by atoms with Gasteiger partial charge in [-0.2, -0.15) is 5.26 Å². The number of nitriles is 1. The molecule has 2 unspecified atom stereocenters. The molecule has 0 spiro atoms. The van der Waals surface area contributed by atoms with Gasteiger partial charge in [-0.05, 0) is 59.2 Å². The Hall–Kier alpha value is -0.630. The first-order valence-corrected chi connectivity index (χ1v) is 6.96. The van der Waals surface area contributed by atoms with Gasteiger partial charge in [0.05, 0.1) is 12.7 Å². The van der Waals surface area contributed by atoms with Crippen LogP contribution in [0.15, 0.2) is 0 Å². The summed E-state index contributed by atoms with van der Waals surface area (Å²) in [6.07, 6.45) is 4.43. The fraction of sp³-hybridized carbons (Fsp3) is 0.929. The van der Waals surface area contributed by atoms with Gasteiger partial charge in [0.1, 0.15) is 5.54 Å². The second kappa shape index (κ2) is 7.73. The third kappa shape index (κ3) is 5.34. The van der Waals surface area contributed by atoms with Gasteiger partial charge in [-0.1, -0.05) is 0 Å². The number of hydrogen-bond donors (Lipinski definition) is 1. The molecule has 0 aromatic rings. The Labute approximate surface area is 111 Å². The largest absolute Gasteiger partial charge is 0.381 e. The van der Waals surface area contributed by atoms with Gasteiger partial charge in [0.15, 0.2) is 0 Å². The van der Waals surface area contributed by atoms with Crippen molar-refractivity contribution < 1.29 is 4.74 Å². The van der Waals surface area contributed by atoms with E-state index in [9.17, 15) is 0 Å². The number of nitrogens with zero attached hydrogens (tertiary/aromatic N) is 2. The highest BCUT2D eigenvalue weighted by Gasteiger charge is 2.21. The average molecular weight is 253 g/mol. The van der Waals surface area contributed by atoms with Gasteiger partial charge in [0.2, 0.25) is 0 Å². The molecule has 4 heteroatoms. The van der Waals surface area contributed by atoms with Gasteiger partial charge in [-0.25, -0.2) is 0 Å². The Morgan fingerprint density at radius 3 is 2.89 bits per heavy atom. The topological polar surface area (TPSA) is 48.3 Å². The molecule has 2 atom stereocenters. The lowest BCUT2D eigenvalue weighted by Gasteiger charge is -2.28. The molecule has 0 radical (unpaired) electrons. The minimum absolute atomic E-state index is 0.380. The monoisotopic (exact) mass is 253 g/mol. The highest BCUT2D eigenvalue weighted by Crippen LogP contribution is 2.15. The molecule has 0 aromatic heterocycles. The Morgan fingerprint density at radius 2 is 2.33 bits per heavy atom. The second-order valence-corrected chi connectivity index (χ2v) is 5.64. The summed E-state index contributed by atoms with van der Waals surface area (Å²) < 4.78 is 5.50. The maximum atomic E-state index is 9.07. The van der Waals surface area contributed by atoms with Crippen molar-refractivity contribution in [3.8, 4) is 6.07 Å². The summed E-state index contributed by atoms with van der Waals surface area (Å²) in [6, 6.07) is 2.33. The average Bonchev–Trinajstić information content (AvgIpc) is 2.39. The first kappa shape index (κ1) is 15.4. The minimum Gasteiger partial charge on any atom is -0.381 e. The number of ether oxygens (including phenoxy) is 1. The van der Waals surface area contributed by atoms with Crippen LogP contribution >= 0.6 is 0 Å². The fourth-order valence-electron chi connectivity index (χ4n) is 2.42. The van der Waals surface area contributed by atoms with Gasteiger partial charge in [0.25, 0.3) is 0 Å². The Morgan fingerprint density at radius 1 is 1.56 bits per heavy atom. The molecule has 1 saturated heterocycles. The molecule has 1 aliphatic heterocycles. The van der Waals surface area contributed by atoms with E-state index in [2.05, 4.69) is 23.3 Å². The zero-order chi connectivity index (χ0) is 13.4. The molecular formula is C14H27N3O. The number of rotatable bonds is 7. The molecule has 1 fully saturated rings. The van der Waals surface area contributed by atoms with Crippen molar-refractivity contribution in [3.05, 3.63) is 0 Å². The maximum absolute atomic E-state index is 9.07. The minimum atomic E-state index is -0.380. The molecule has 18 heavy (non-hydrogen) atoms. The van der Waals surface area contributed by atoms with Crippen molar-refractivity contribution in [2.75, 3.05) is 40.4 Å². The molecule has 0 bridgehead atoms. The van der Waals surface area contributed by atoms with Crippen LogP contribution in [-0.2, 0) is 4.74 Å². The van der Waals surface area contributed by atoms with Crippen LogP contribution in [-0.4, -0.2) is 50.8 Å². The van der Waals surface area contributed by atoms with E-state index in [4.69, 9.17) is 10.00 Å². The molecule has 1 N–H and O–H groups in total. The van der Waals surface area contributed by atoms with E-state index >= 15 is 0 Å². The van der Waals surface area contributed by atoms with Crippen LogP contribution in [0, 0.1) is 17.2 Å². The number of nitrogens with one attached hydrogen (secondary N) is 1. The van der Waals surface area contributed by atoms with Crippen molar-refractivity contribution in [3.63, 3.8) is 0 Å². The summed E-state index contributed by atoms with van der Waals surface area (Å²) in [4.78, 5) is 2.37. The molecular weight excluding hydrogens is 226 g/mol. The van der Waals surface area contributed by atoms with Gasteiger partial charge in [-0.3, -0.25) is 0 Å². The quantitative estimate of drug-likeness (QED) is 0.749. The Bertz CT molecular complexity index is 271. The van der Waals surface area contributed by atoms with E-state index in [1.165, 1.54) is 12.8 Å². The van der Waals surface area contributed by atoms with Crippen LogP contribution in [0.4, 0.5) is 0 Å². The van der Waals surface area contributed by atoms with Crippen molar-refractivity contribution >= 4 is 0 Å². The summed E-state index contributed by atoms with van der Waals surface area (Å²) in [6.45, 7) is 5.97. The molecule has 0 saturated carbocycles. The summed E-state index contributed by atoms with van der Waals surface area (Å²) in [5, 5.41) is 12.2. The SMILES string of the molecule is CNC(C)(C#N)CCCN(C)CC1CCCOC1. The van der Waals surface area contributed by atoms with Gasteiger partial charge < -0.3 is 15.0 Å². The van der Waals surface area contributed by atoms with Crippen LogP contribution in [0.1, 0.15) is 32.6 Å². The molecule has 0 aliphatic carbocycles. The molecule has 4 nitrogen and oxygen atoms in total. The normalized spacial score (nSPS) is 23.6. The van der Waals surface area contributed by atoms with Crippen LogP contribution in [0.5, 0.6) is 0 Å². The summed E-state index contributed by atoms with van der Waals surface area (Å²) >= 11 is 0. The lowest BCUT2D eigenvalue weighted by Crippen LogP contribution is -2.39. The van der Waals surface area contributed by atoms with E-state index < -0.39 is 0 Å². The first-order chi connectivity index (χ1) is 8.59. The van der Waals surface area contributed by atoms with Crippen LogP contribution in [0.3, 0.4) is 0 Å². The smallest absolute Gasteiger partial charge is 0.103 e. The highest BCUT2D eigenvalue weighted by molar-refractivity contribution is 5.02. The van der Waals surface area contributed by atoms with Crippen LogP contribution in [0.25, 0.3) is 0 Å². The molecule has 0 amide bonds. The highest BCUT2D eigenvalue weighted by atomic mass is 16.5. The Kier molecular flexibility index (Phi) is 6.62. The van der Waals surface area contributed by atoms with Gasteiger partial charge >= 0.3 is 0 Å². The maximum Gasteiger partial charge on any atom is 0.103 e. The van der Waals surface area contributed by atoms with Gasteiger partial charge in [-0.15, -0.1) is 0 Å². The standard InChI is InChI=1S/C14H27N3O/c1-14(12-15,16-2)7-5-8-17(3)10-13-6-4-9-18-11-13/h13,16H,4-11H2,1-3H3. The molecule has 104 valence electrons. The van der Waals surface area contributed by atoms with Gasteiger partial charge in [0, 0.05) is 13.2 Å². The van der Waals surface area contributed by atoms with Crippen molar-refractivity contribution in [2.45, 2.75) is 38.1 Å². The predicted octanol–water partition coefficient (Wildman–Crippen LogP) is 1.63. The molecule has 1 rings (SSSR count). The second-order valence-electron chi connectivity index (χ2n) is 5.64. The van der Waals surface area contributed by atoms with E-state index in [1.807, 2.05) is 14.0 Å². The van der Waals surface area contributed by atoms with Crippen LogP contribution in [0.2, 0.25) is 0 Å². The Balaban J connectivity index is 2.16.